The summed E-state index contributed by atoms with van der Waals surface area (Å²) < 4.78 is 0. The molecule has 3 heteroatoms. The number of nitrogens with zero attached hydrogens (tertiary/aromatic N) is 1. The van der Waals surface area contributed by atoms with Crippen LogP contribution in [-0.4, -0.2) is 30.4 Å². The molecule has 0 bridgehead atoms. The Morgan fingerprint density at radius 1 is 1.42 bits per heavy atom. The summed E-state index contributed by atoms with van der Waals surface area (Å²) in [5, 5.41) is 6.33. The molecule has 12 heavy (non-hydrogen) atoms. The predicted molar refractivity (Wildman–Crippen MR) is 53.9 cm³/mol. The van der Waals surface area contributed by atoms with E-state index in [1.54, 1.807) is 0 Å². The van der Waals surface area contributed by atoms with E-state index < -0.39 is 0 Å². The number of nitrogens with one attached hydrogen (secondary N) is 1. The van der Waals surface area contributed by atoms with E-state index in [1.165, 1.54) is 25.9 Å². The number of piperidine rings is 1. The van der Waals surface area contributed by atoms with Crippen molar-refractivity contribution in [2.24, 2.45) is 5.92 Å². The molecule has 68 valence electrons. The first-order valence-corrected chi connectivity index (χ1v) is 5.57. The third kappa shape index (κ3) is 1.62. The molecule has 2 aliphatic rings. The van der Waals surface area contributed by atoms with E-state index >= 15 is 0 Å². The SMILES string of the molecule is CN1C=CSC1C1CCNCC1. The van der Waals surface area contributed by atoms with E-state index in [-0.39, 0.29) is 0 Å². The lowest BCUT2D eigenvalue weighted by Gasteiger charge is -2.32. The Bertz CT molecular complexity index is 175. The van der Waals surface area contributed by atoms with Gasteiger partial charge in [-0.2, -0.15) is 0 Å². The van der Waals surface area contributed by atoms with Gasteiger partial charge in [0, 0.05) is 13.2 Å². The fourth-order valence-electron chi connectivity index (χ4n) is 1.97. The quantitative estimate of drug-likeness (QED) is 0.664. The van der Waals surface area contributed by atoms with Crippen molar-refractivity contribution in [1.29, 1.82) is 0 Å². The van der Waals surface area contributed by atoms with Gasteiger partial charge in [0.15, 0.2) is 0 Å². The summed E-state index contributed by atoms with van der Waals surface area (Å²) in [7, 11) is 2.18. The molecule has 2 aliphatic heterocycles. The molecule has 1 fully saturated rings. The Balaban J connectivity index is 1.90. The molecule has 0 spiro atoms. The predicted octanol–water partition coefficient (Wildman–Crippen LogP) is 1.46. The van der Waals surface area contributed by atoms with Crippen molar-refractivity contribution < 1.29 is 0 Å². The van der Waals surface area contributed by atoms with Gasteiger partial charge in [0.2, 0.25) is 0 Å². The van der Waals surface area contributed by atoms with E-state index in [9.17, 15) is 0 Å². The minimum atomic E-state index is 0.715. The lowest BCUT2D eigenvalue weighted by molar-refractivity contribution is 0.270. The van der Waals surface area contributed by atoms with Gasteiger partial charge >= 0.3 is 0 Å². The molecule has 0 aromatic heterocycles. The van der Waals surface area contributed by atoms with Gasteiger partial charge in [0.1, 0.15) is 0 Å². The number of rotatable bonds is 1. The lowest BCUT2D eigenvalue weighted by atomic mass is 9.97. The molecule has 2 rings (SSSR count). The van der Waals surface area contributed by atoms with Crippen LogP contribution < -0.4 is 5.32 Å². The van der Waals surface area contributed by atoms with Gasteiger partial charge in [0.05, 0.1) is 5.37 Å². The van der Waals surface area contributed by atoms with Crippen molar-refractivity contribution in [3.8, 4) is 0 Å². The Kier molecular flexibility index (Phi) is 2.61. The van der Waals surface area contributed by atoms with Crippen LogP contribution in [-0.2, 0) is 0 Å². The highest BCUT2D eigenvalue weighted by Crippen LogP contribution is 2.33. The minimum absolute atomic E-state index is 0.715. The molecule has 1 saturated heterocycles. The van der Waals surface area contributed by atoms with Gasteiger partial charge in [-0.3, -0.25) is 0 Å². The molecular weight excluding hydrogens is 168 g/mol. The fraction of sp³-hybridized carbons (Fsp3) is 0.778. The highest BCUT2D eigenvalue weighted by molar-refractivity contribution is 8.02. The standard InChI is InChI=1S/C9H16N2S/c1-11-6-7-12-9(11)8-2-4-10-5-3-8/h6-10H,2-5H2,1H3. The molecule has 0 radical (unpaired) electrons. The number of hydrogen-bond donors (Lipinski definition) is 1. The van der Waals surface area contributed by atoms with Crippen molar-refractivity contribution >= 4 is 11.8 Å². The van der Waals surface area contributed by atoms with Crippen molar-refractivity contribution in [3.05, 3.63) is 11.6 Å². The van der Waals surface area contributed by atoms with Crippen molar-refractivity contribution in [1.82, 2.24) is 10.2 Å². The van der Waals surface area contributed by atoms with Gasteiger partial charge in [-0.1, -0.05) is 0 Å². The first-order chi connectivity index (χ1) is 5.88. The van der Waals surface area contributed by atoms with Gasteiger partial charge in [-0.25, -0.2) is 0 Å². The summed E-state index contributed by atoms with van der Waals surface area (Å²) >= 11 is 1.97. The van der Waals surface area contributed by atoms with E-state index in [0.29, 0.717) is 5.37 Å². The average molecular weight is 184 g/mol. The van der Waals surface area contributed by atoms with Crippen LogP contribution >= 0.6 is 11.8 Å². The molecule has 0 amide bonds. The van der Waals surface area contributed by atoms with Crippen LogP contribution in [0.15, 0.2) is 11.6 Å². The molecule has 1 N–H and O–H groups in total. The van der Waals surface area contributed by atoms with Crippen molar-refractivity contribution in [3.63, 3.8) is 0 Å². The van der Waals surface area contributed by atoms with Crippen LogP contribution in [0.5, 0.6) is 0 Å². The van der Waals surface area contributed by atoms with E-state index in [1.807, 2.05) is 11.8 Å². The van der Waals surface area contributed by atoms with E-state index in [0.717, 1.165) is 5.92 Å². The monoisotopic (exact) mass is 184 g/mol. The Morgan fingerprint density at radius 3 is 2.75 bits per heavy atom. The summed E-state index contributed by atoms with van der Waals surface area (Å²) in [6, 6.07) is 0. The van der Waals surface area contributed by atoms with Crippen LogP contribution in [0.25, 0.3) is 0 Å². The topological polar surface area (TPSA) is 15.3 Å². The summed E-state index contributed by atoms with van der Waals surface area (Å²) in [4.78, 5) is 2.35. The smallest absolute Gasteiger partial charge is 0.0811 e. The second kappa shape index (κ2) is 3.71. The molecule has 2 heterocycles. The average Bonchev–Trinajstić information content (AvgIpc) is 2.53. The number of thioether (sulfide) groups is 1. The molecule has 0 aliphatic carbocycles. The molecule has 1 atom stereocenters. The highest BCUT2D eigenvalue weighted by atomic mass is 32.2. The van der Waals surface area contributed by atoms with Crippen LogP contribution in [0, 0.1) is 5.92 Å². The summed E-state index contributed by atoms with van der Waals surface area (Å²) in [5.41, 5.74) is 0. The number of hydrogen-bond acceptors (Lipinski definition) is 3. The third-order valence-electron chi connectivity index (χ3n) is 2.70. The highest BCUT2D eigenvalue weighted by Gasteiger charge is 2.27. The molecular formula is C9H16N2S. The van der Waals surface area contributed by atoms with Gasteiger partial charge in [-0.15, -0.1) is 11.8 Å². The maximum absolute atomic E-state index is 3.40. The largest absolute Gasteiger partial charge is 0.367 e. The van der Waals surface area contributed by atoms with Crippen LogP contribution in [0.1, 0.15) is 12.8 Å². The third-order valence-corrected chi connectivity index (χ3v) is 3.98. The van der Waals surface area contributed by atoms with Crippen molar-refractivity contribution in [2.45, 2.75) is 18.2 Å². The zero-order valence-electron chi connectivity index (χ0n) is 7.49. The Labute approximate surface area is 78.4 Å². The lowest BCUT2D eigenvalue weighted by Crippen LogP contribution is -2.37. The molecule has 0 saturated carbocycles. The van der Waals surface area contributed by atoms with Gasteiger partial charge in [-0.05, 0) is 37.3 Å². The summed E-state index contributed by atoms with van der Waals surface area (Å²) in [5.74, 6) is 0.885. The molecule has 2 nitrogen and oxygen atoms in total. The second-order valence-electron chi connectivity index (χ2n) is 3.56. The Hall–Kier alpha value is -0.150. The summed E-state index contributed by atoms with van der Waals surface area (Å²) in [6.45, 7) is 2.41. The van der Waals surface area contributed by atoms with Crippen LogP contribution in [0.3, 0.4) is 0 Å². The second-order valence-corrected chi connectivity index (χ2v) is 4.59. The molecule has 0 aromatic rings. The van der Waals surface area contributed by atoms with Crippen molar-refractivity contribution in [2.75, 3.05) is 20.1 Å². The van der Waals surface area contributed by atoms with E-state index in [2.05, 4.69) is 28.9 Å². The Morgan fingerprint density at radius 2 is 2.17 bits per heavy atom. The zero-order chi connectivity index (χ0) is 8.39. The zero-order valence-corrected chi connectivity index (χ0v) is 8.31. The van der Waals surface area contributed by atoms with Gasteiger partial charge in [0.25, 0.3) is 0 Å². The molecule has 1 unspecified atom stereocenters. The fourth-order valence-corrected chi connectivity index (χ4v) is 3.15. The first-order valence-electron chi connectivity index (χ1n) is 4.63. The van der Waals surface area contributed by atoms with Gasteiger partial charge < -0.3 is 10.2 Å². The summed E-state index contributed by atoms with van der Waals surface area (Å²) in [6.07, 6.45) is 4.87. The maximum Gasteiger partial charge on any atom is 0.0811 e. The molecule has 0 aromatic carbocycles. The first kappa shape index (κ1) is 8.45. The van der Waals surface area contributed by atoms with Crippen LogP contribution in [0.4, 0.5) is 0 Å². The van der Waals surface area contributed by atoms with E-state index in [4.69, 9.17) is 0 Å². The minimum Gasteiger partial charge on any atom is -0.367 e. The maximum atomic E-state index is 3.40. The normalized spacial score (nSPS) is 31.4. The van der Waals surface area contributed by atoms with Crippen LogP contribution in [0.2, 0.25) is 0 Å².